The van der Waals surface area contributed by atoms with Crippen LogP contribution in [0.5, 0.6) is 0 Å². The third-order valence-electron chi connectivity index (χ3n) is 2.34. The van der Waals surface area contributed by atoms with Gasteiger partial charge in [-0.15, -0.1) is 0 Å². The summed E-state index contributed by atoms with van der Waals surface area (Å²) in [6, 6.07) is -1.61. The van der Waals surface area contributed by atoms with Gasteiger partial charge in [0, 0.05) is 0 Å². The van der Waals surface area contributed by atoms with Crippen LogP contribution in [-0.4, -0.2) is 35.4 Å². The second kappa shape index (κ2) is 5.83. The molecule has 1 amide bonds. The van der Waals surface area contributed by atoms with Gasteiger partial charge in [-0.3, -0.25) is 4.79 Å². The molecule has 2 atom stereocenters. The average Bonchev–Trinajstić information content (AvgIpc) is 2.23. The first kappa shape index (κ1) is 15.7. The van der Waals surface area contributed by atoms with Crippen LogP contribution in [0.1, 0.15) is 20.3 Å². The van der Waals surface area contributed by atoms with Crippen LogP contribution >= 0.6 is 0 Å². The Kier molecular flexibility index (Phi) is 5.37. The first-order valence-corrected chi connectivity index (χ1v) is 4.84. The molecule has 0 fully saturated rings. The van der Waals surface area contributed by atoms with Crippen molar-refractivity contribution < 1.29 is 32.3 Å². The monoisotopic (exact) mass is 259 g/mol. The third kappa shape index (κ3) is 3.86. The highest BCUT2D eigenvalue weighted by Crippen LogP contribution is 2.23. The molecule has 0 rings (SSSR count). The lowest BCUT2D eigenvalue weighted by atomic mass is 9.99. The zero-order valence-electron chi connectivity index (χ0n) is 9.21. The summed E-state index contributed by atoms with van der Waals surface area (Å²) < 4.78 is 48.8. The van der Waals surface area contributed by atoms with E-state index >= 15 is 0 Å². The molecule has 0 spiro atoms. The molecule has 2 unspecified atom stereocenters. The highest BCUT2D eigenvalue weighted by atomic mass is 19.3. The Labute approximate surface area is 95.0 Å². The van der Waals surface area contributed by atoms with Crippen LogP contribution in [0.25, 0.3) is 0 Å². The molecule has 0 heterocycles. The summed E-state index contributed by atoms with van der Waals surface area (Å²) in [6.45, 7) is 2.98. The summed E-state index contributed by atoms with van der Waals surface area (Å²) in [5, 5.41) is 10.1. The number of carboxylic acid groups (broad SMARTS) is 1. The molecule has 0 aliphatic rings. The smallest absolute Gasteiger partial charge is 0.383 e. The topological polar surface area (TPSA) is 66.4 Å². The number of aliphatic carboxylic acids is 1. The van der Waals surface area contributed by atoms with Crippen molar-refractivity contribution in [2.24, 2.45) is 5.92 Å². The SMILES string of the molecule is CCC(C)C(NC(=O)C(F)(F)C(F)F)C(=O)O. The summed E-state index contributed by atoms with van der Waals surface area (Å²) in [4.78, 5) is 21.5. The van der Waals surface area contributed by atoms with E-state index in [1.807, 2.05) is 0 Å². The van der Waals surface area contributed by atoms with Gasteiger partial charge < -0.3 is 10.4 Å². The number of hydrogen-bond acceptors (Lipinski definition) is 2. The molecule has 8 heteroatoms. The van der Waals surface area contributed by atoms with E-state index in [4.69, 9.17) is 5.11 Å². The minimum absolute atomic E-state index is 0.289. The number of rotatable bonds is 6. The molecule has 0 bridgehead atoms. The van der Waals surface area contributed by atoms with Gasteiger partial charge in [-0.25, -0.2) is 13.6 Å². The van der Waals surface area contributed by atoms with Crippen molar-refractivity contribution in [1.29, 1.82) is 0 Å². The van der Waals surface area contributed by atoms with Crippen molar-refractivity contribution in [3.05, 3.63) is 0 Å². The van der Waals surface area contributed by atoms with Gasteiger partial charge in [0.05, 0.1) is 0 Å². The highest BCUT2D eigenvalue weighted by Gasteiger charge is 2.50. The fourth-order valence-corrected chi connectivity index (χ4v) is 1.02. The van der Waals surface area contributed by atoms with E-state index in [1.54, 1.807) is 6.92 Å². The molecular formula is C9H13F4NO3. The molecule has 0 aromatic heterocycles. The Balaban J connectivity index is 4.79. The second-order valence-electron chi connectivity index (χ2n) is 3.60. The number of carbonyl (C=O) groups is 2. The van der Waals surface area contributed by atoms with E-state index < -0.39 is 36.2 Å². The highest BCUT2D eigenvalue weighted by molar-refractivity contribution is 5.88. The minimum atomic E-state index is -4.89. The van der Waals surface area contributed by atoms with Crippen LogP contribution in [0.15, 0.2) is 0 Å². The summed E-state index contributed by atoms with van der Waals surface area (Å²) in [5.74, 6) is -9.36. The average molecular weight is 259 g/mol. The van der Waals surface area contributed by atoms with Crippen molar-refractivity contribution in [3.8, 4) is 0 Å². The maximum atomic E-state index is 12.6. The van der Waals surface area contributed by atoms with Crippen molar-refractivity contribution in [2.75, 3.05) is 0 Å². The van der Waals surface area contributed by atoms with Crippen LogP contribution in [0.2, 0.25) is 0 Å². The quantitative estimate of drug-likeness (QED) is 0.710. The lowest BCUT2D eigenvalue weighted by molar-refractivity contribution is -0.172. The molecule has 0 saturated heterocycles. The molecule has 0 aliphatic carbocycles. The first-order valence-electron chi connectivity index (χ1n) is 4.84. The van der Waals surface area contributed by atoms with Gasteiger partial charge in [0.15, 0.2) is 0 Å². The van der Waals surface area contributed by atoms with Crippen molar-refractivity contribution >= 4 is 11.9 Å². The summed E-state index contributed by atoms with van der Waals surface area (Å²) in [7, 11) is 0. The van der Waals surface area contributed by atoms with Gasteiger partial charge in [-0.1, -0.05) is 20.3 Å². The Bertz CT molecular complexity index is 296. The molecular weight excluding hydrogens is 246 g/mol. The number of carboxylic acids is 1. The lowest BCUT2D eigenvalue weighted by Gasteiger charge is -2.22. The van der Waals surface area contributed by atoms with Gasteiger partial charge in [-0.2, -0.15) is 8.78 Å². The fraction of sp³-hybridized carbons (Fsp3) is 0.778. The second-order valence-corrected chi connectivity index (χ2v) is 3.60. The molecule has 0 aliphatic heterocycles. The molecule has 0 saturated carbocycles. The Hall–Kier alpha value is -1.34. The van der Waals surface area contributed by atoms with E-state index in [9.17, 15) is 27.2 Å². The predicted octanol–water partition coefficient (Wildman–Crippen LogP) is 1.50. The van der Waals surface area contributed by atoms with Gasteiger partial charge in [0.2, 0.25) is 0 Å². The van der Waals surface area contributed by atoms with Crippen LogP contribution in [0.4, 0.5) is 17.6 Å². The van der Waals surface area contributed by atoms with Gasteiger partial charge in [-0.05, 0) is 5.92 Å². The molecule has 0 aromatic rings. The van der Waals surface area contributed by atoms with E-state index in [0.29, 0.717) is 0 Å². The Morgan fingerprint density at radius 2 is 1.82 bits per heavy atom. The minimum Gasteiger partial charge on any atom is -0.480 e. The lowest BCUT2D eigenvalue weighted by Crippen LogP contribution is -2.53. The summed E-state index contributed by atoms with van der Waals surface area (Å²) in [5.41, 5.74) is 0. The van der Waals surface area contributed by atoms with Gasteiger partial charge in [0.25, 0.3) is 5.91 Å². The normalized spacial score (nSPS) is 15.5. The van der Waals surface area contributed by atoms with E-state index in [2.05, 4.69) is 0 Å². The van der Waals surface area contributed by atoms with Crippen molar-refractivity contribution in [2.45, 2.75) is 38.7 Å². The molecule has 0 radical (unpaired) electrons. The number of halogens is 4. The third-order valence-corrected chi connectivity index (χ3v) is 2.34. The van der Waals surface area contributed by atoms with Crippen LogP contribution in [-0.2, 0) is 9.59 Å². The Morgan fingerprint density at radius 3 is 2.12 bits per heavy atom. The van der Waals surface area contributed by atoms with E-state index in [1.165, 1.54) is 12.2 Å². The maximum Gasteiger partial charge on any atom is 0.383 e. The van der Waals surface area contributed by atoms with Gasteiger partial charge in [0.1, 0.15) is 6.04 Å². The zero-order chi connectivity index (χ0) is 13.8. The fourth-order valence-electron chi connectivity index (χ4n) is 1.02. The van der Waals surface area contributed by atoms with Crippen LogP contribution in [0.3, 0.4) is 0 Å². The molecule has 2 N–H and O–H groups in total. The van der Waals surface area contributed by atoms with E-state index in [-0.39, 0.29) is 6.42 Å². The van der Waals surface area contributed by atoms with Crippen LogP contribution in [0, 0.1) is 5.92 Å². The molecule has 4 nitrogen and oxygen atoms in total. The first-order chi connectivity index (χ1) is 7.64. The maximum absolute atomic E-state index is 12.6. The standard InChI is InChI=1S/C9H13F4NO3/c1-3-4(2)5(6(15)16)14-8(17)9(12,13)7(10)11/h4-5,7H,3H2,1-2H3,(H,14,17)(H,15,16). The number of nitrogens with one attached hydrogen (secondary N) is 1. The molecule has 17 heavy (non-hydrogen) atoms. The summed E-state index contributed by atoms with van der Waals surface area (Å²) in [6.07, 6.45) is -3.88. The van der Waals surface area contributed by atoms with Gasteiger partial charge >= 0.3 is 18.3 Å². The predicted molar refractivity (Wildman–Crippen MR) is 50.0 cm³/mol. The van der Waals surface area contributed by atoms with E-state index in [0.717, 1.165) is 0 Å². The van der Waals surface area contributed by atoms with Crippen molar-refractivity contribution in [1.82, 2.24) is 5.32 Å². The van der Waals surface area contributed by atoms with Crippen LogP contribution < -0.4 is 5.32 Å². The number of hydrogen-bond donors (Lipinski definition) is 2. The zero-order valence-corrected chi connectivity index (χ0v) is 9.21. The largest absolute Gasteiger partial charge is 0.480 e. The van der Waals surface area contributed by atoms with Crippen molar-refractivity contribution in [3.63, 3.8) is 0 Å². The summed E-state index contributed by atoms with van der Waals surface area (Å²) >= 11 is 0. The number of carbonyl (C=O) groups excluding carboxylic acids is 1. The molecule has 100 valence electrons. The number of amides is 1. The number of alkyl halides is 4. The molecule has 0 aromatic carbocycles. The Morgan fingerprint density at radius 1 is 1.35 bits per heavy atom.